The second-order valence-corrected chi connectivity index (χ2v) is 4.71. The molecule has 0 atom stereocenters. The molecule has 0 N–H and O–H groups in total. The van der Waals surface area contributed by atoms with Gasteiger partial charge in [-0.05, 0) is 35.9 Å². The third-order valence-corrected chi connectivity index (χ3v) is 3.18. The zero-order chi connectivity index (χ0) is 15.2. The Balaban J connectivity index is 2.15. The standard InChI is InChI=1S/C16H15ClO4/c1-19-15-5-3-11(7-16(15)20-2)10-21-14-6-4-13(17)8-12(14)9-18/h3-9H,10H2,1-2H3. The zero-order valence-electron chi connectivity index (χ0n) is 11.8. The quantitative estimate of drug-likeness (QED) is 0.762. The minimum Gasteiger partial charge on any atom is -0.493 e. The van der Waals surface area contributed by atoms with Gasteiger partial charge in [-0.2, -0.15) is 0 Å². The van der Waals surface area contributed by atoms with E-state index in [1.54, 1.807) is 38.5 Å². The molecular formula is C16H15ClO4. The van der Waals surface area contributed by atoms with E-state index in [1.807, 2.05) is 12.1 Å². The minimum atomic E-state index is 0.308. The summed E-state index contributed by atoms with van der Waals surface area (Å²) in [4.78, 5) is 11.0. The van der Waals surface area contributed by atoms with Crippen LogP contribution in [0.15, 0.2) is 36.4 Å². The number of rotatable bonds is 6. The number of halogens is 1. The zero-order valence-corrected chi connectivity index (χ0v) is 12.5. The fourth-order valence-electron chi connectivity index (χ4n) is 1.87. The number of hydrogen-bond donors (Lipinski definition) is 0. The number of aldehydes is 1. The normalized spacial score (nSPS) is 10.0. The van der Waals surface area contributed by atoms with E-state index in [9.17, 15) is 4.79 Å². The molecule has 0 aliphatic carbocycles. The van der Waals surface area contributed by atoms with Crippen LogP contribution in [-0.4, -0.2) is 20.5 Å². The average molecular weight is 307 g/mol. The first kappa shape index (κ1) is 15.2. The first-order chi connectivity index (χ1) is 10.2. The molecular weight excluding hydrogens is 292 g/mol. The highest BCUT2D eigenvalue weighted by Crippen LogP contribution is 2.28. The summed E-state index contributed by atoms with van der Waals surface area (Å²) < 4.78 is 16.1. The lowest BCUT2D eigenvalue weighted by Crippen LogP contribution is -1.99. The number of carbonyl (C=O) groups is 1. The van der Waals surface area contributed by atoms with Crippen molar-refractivity contribution in [2.75, 3.05) is 14.2 Å². The van der Waals surface area contributed by atoms with Gasteiger partial charge in [0.15, 0.2) is 17.8 Å². The Hall–Kier alpha value is -2.20. The molecule has 4 nitrogen and oxygen atoms in total. The number of methoxy groups -OCH3 is 2. The topological polar surface area (TPSA) is 44.8 Å². The van der Waals surface area contributed by atoms with Gasteiger partial charge in [0.25, 0.3) is 0 Å². The molecule has 2 aromatic rings. The summed E-state index contributed by atoms with van der Waals surface area (Å²) in [6.45, 7) is 0.308. The summed E-state index contributed by atoms with van der Waals surface area (Å²) in [5.74, 6) is 1.77. The molecule has 0 bridgehead atoms. The van der Waals surface area contributed by atoms with E-state index in [4.69, 9.17) is 25.8 Å². The Morgan fingerprint density at radius 1 is 1.00 bits per heavy atom. The molecule has 0 fully saturated rings. The predicted molar refractivity (Wildman–Crippen MR) is 80.7 cm³/mol. The van der Waals surface area contributed by atoms with E-state index < -0.39 is 0 Å². The van der Waals surface area contributed by atoms with Gasteiger partial charge in [-0.1, -0.05) is 17.7 Å². The lowest BCUT2D eigenvalue weighted by molar-refractivity contribution is 0.111. The van der Waals surface area contributed by atoms with Crippen LogP contribution in [0.25, 0.3) is 0 Å². The maximum Gasteiger partial charge on any atom is 0.161 e. The molecule has 0 aliphatic rings. The van der Waals surface area contributed by atoms with Crippen molar-refractivity contribution in [2.45, 2.75) is 6.61 Å². The van der Waals surface area contributed by atoms with E-state index in [2.05, 4.69) is 0 Å². The molecule has 0 unspecified atom stereocenters. The third-order valence-electron chi connectivity index (χ3n) is 2.94. The van der Waals surface area contributed by atoms with Gasteiger partial charge in [0.2, 0.25) is 0 Å². The van der Waals surface area contributed by atoms with Gasteiger partial charge in [0.1, 0.15) is 12.4 Å². The Kier molecular flexibility index (Phi) is 5.06. The smallest absolute Gasteiger partial charge is 0.161 e. The summed E-state index contributed by atoms with van der Waals surface area (Å²) in [5.41, 5.74) is 1.32. The highest BCUT2D eigenvalue weighted by atomic mass is 35.5. The Morgan fingerprint density at radius 3 is 2.38 bits per heavy atom. The Morgan fingerprint density at radius 2 is 1.71 bits per heavy atom. The van der Waals surface area contributed by atoms with E-state index in [0.29, 0.717) is 34.4 Å². The molecule has 2 aromatic carbocycles. The first-order valence-electron chi connectivity index (χ1n) is 6.26. The van der Waals surface area contributed by atoms with Crippen molar-refractivity contribution < 1.29 is 19.0 Å². The average Bonchev–Trinajstić information content (AvgIpc) is 2.53. The molecule has 0 heterocycles. The molecule has 0 aliphatic heterocycles. The summed E-state index contributed by atoms with van der Waals surface area (Å²) in [6, 6.07) is 10.4. The molecule has 21 heavy (non-hydrogen) atoms. The van der Waals surface area contributed by atoms with E-state index in [-0.39, 0.29) is 0 Å². The molecule has 0 saturated heterocycles. The van der Waals surface area contributed by atoms with Crippen LogP contribution in [-0.2, 0) is 6.61 Å². The molecule has 2 rings (SSSR count). The van der Waals surface area contributed by atoms with Gasteiger partial charge in [-0.25, -0.2) is 0 Å². The van der Waals surface area contributed by atoms with E-state index in [1.165, 1.54) is 0 Å². The highest BCUT2D eigenvalue weighted by Gasteiger charge is 2.07. The van der Waals surface area contributed by atoms with Crippen LogP contribution < -0.4 is 14.2 Å². The van der Waals surface area contributed by atoms with Crippen LogP contribution in [0.2, 0.25) is 5.02 Å². The maximum atomic E-state index is 11.0. The van der Waals surface area contributed by atoms with Gasteiger partial charge in [-0.3, -0.25) is 4.79 Å². The minimum absolute atomic E-state index is 0.308. The molecule has 110 valence electrons. The number of carbonyl (C=O) groups excluding carboxylic acids is 1. The third kappa shape index (κ3) is 3.67. The summed E-state index contributed by atoms with van der Waals surface area (Å²) in [7, 11) is 3.16. The fraction of sp³-hybridized carbons (Fsp3) is 0.188. The Bertz CT molecular complexity index is 640. The maximum absolute atomic E-state index is 11.0. The summed E-state index contributed by atoms with van der Waals surface area (Å²) in [6.07, 6.45) is 0.718. The van der Waals surface area contributed by atoms with Crippen molar-refractivity contribution in [1.29, 1.82) is 0 Å². The number of benzene rings is 2. The Labute approximate surface area is 128 Å². The van der Waals surface area contributed by atoms with Crippen LogP contribution in [0.5, 0.6) is 17.2 Å². The van der Waals surface area contributed by atoms with Crippen LogP contribution >= 0.6 is 11.6 Å². The first-order valence-corrected chi connectivity index (χ1v) is 6.64. The van der Waals surface area contributed by atoms with Crippen molar-refractivity contribution in [2.24, 2.45) is 0 Å². The molecule has 0 saturated carbocycles. The van der Waals surface area contributed by atoms with Crippen LogP contribution in [0.3, 0.4) is 0 Å². The summed E-state index contributed by atoms with van der Waals surface area (Å²) in [5, 5.41) is 0.496. The van der Waals surface area contributed by atoms with Crippen LogP contribution in [0.4, 0.5) is 0 Å². The van der Waals surface area contributed by atoms with Crippen LogP contribution in [0.1, 0.15) is 15.9 Å². The van der Waals surface area contributed by atoms with Gasteiger partial charge in [0.05, 0.1) is 19.8 Å². The number of hydrogen-bond acceptors (Lipinski definition) is 4. The monoisotopic (exact) mass is 306 g/mol. The predicted octanol–water partition coefficient (Wildman–Crippen LogP) is 3.75. The molecule has 5 heteroatoms. The van der Waals surface area contributed by atoms with Crippen molar-refractivity contribution in [1.82, 2.24) is 0 Å². The largest absolute Gasteiger partial charge is 0.493 e. The van der Waals surface area contributed by atoms with E-state index in [0.717, 1.165) is 11.8 Å². The second-order valence-electron chi connectivity index (χ2n) is 4.28. The molecule has 0 spiro atoms. The van der Waals surface area contributed by atoms with Gasteiger partial charge >= 0.3 is 0 Å². The van der Waals surface area contributed by atoms with Crippen molar-refractivity contribution in [3.05, 3.63) is 52.5 Å². The van der Waals surface area contributed by atoms with Crippen molar-refractivity contribution in [3.8, 4) is 17.2 Å². The van der Waals surface area contributed by atoms with Gasteiger partial charge in [-0.15, -0.1) is 0 Å². The SMILES string of the molecule is COc1ccc(COc2ccc(Cl)cc2C=O)cc1OC. The van der Waals surface area contributed by atoms with Gasteiger partial charge < -0.3 is 14.2 Å². The molecule has 0 aromatic heterocycles. The van der Waals surface area contributed by atoms with Crippen molar-refractivity contribution in [3.63, 3.8) is 0 Å². The van der Waals surface area contributed by atoms with Crippen LogP contribution in [0, 0.1) is 0 Å². The lowest BCUT2D eigenvalue weighted by atomic mass is 10.2. The fourth-order valence-corrected chi connectivity index (χ4v) is 2.05. The molecule has 0 radical (unpaired) electrons. The summed E-state index contributed by atoms with van der Waals surface area (Å²) >= 11 is 5.84. The second kappa shape index (κ2) is 6.99. The highest BCUT2D eigenvalue weighted by molar-refractivity contribution is 6.30. The van der Waals surface area contributed by atoms with Gasteiger partial charge in [0, 0.05) is 5.02 Å². The molecule has 0 amide bonds. The number of ether oxygens (including phenoxy) is 3. The van der Waals surface area contributed by atoms with Crippen molar-refractivity contribution >= 4 is 17.9 Å². The van der Waals surface area contributed by atoms with E-state index >= 15 is 0 Å². The lowest BCUT2D eigenvalue weighted by Gasteiger charge is -2.11.